The van der Waals surface area contributed by atoms with Crippen molar-refractivity contribution in [3.8, 4) is 0 Å². The first-order chi connectivity index (χ1) is 11.5. The van der Waals surface area contributed by atoms with Crippen LogP contribution in [0.1, 0.15) is 40.5 Å². The number of imide groups is 2. The van der Waals surface area contributed by atoms with Crippen molar-refractivity contribution in [2.24, 2.45) is 5.73 Å². The second-order valence-corrected chi connectivity index (χ2v) is 5.53. The monoisotopic (exact) mass is 332 g/mol. The first kappa shape index (κ1) is 17.6. The van der Waals surface area contributed by atoms with E-state index in [1.54, 1.807) is 25.1 Å². The maximum atomic E-state index is 12.5. The van der Waals surface area contributed by atoms with Gasteiger partial charge < -0.3 is 11.1 Å². The van der Waals surface area contributed by atoms with Gasteiger partial charge in [-0.15, -0.1) is 0 Å². The Balaban J connectivity index is 2.10. The quantitative estimate of drug-likeness (QED) is 0.458. The Hall–Kier alpha value is -2.74. The summed E-state index contributed by atoms with van der Waals surface area (Å²) in [6.07, 6.45) is 0.644. The molecule has 8 heteroatoms. The fourth-order valence-corrected chi connectivity index (χ4v) is 2.59. The summed E-state index contributed by atoms with van der Waals surface area (Å²) in [5.74, 6) is -1.19. The average Bonchev–Trinajstić information content (AvgIpc) is 2.82. The maximum Gasteiger partial charge on any atom is 0.261 e. The number of benzene rings is 1. The van der Waals surface area contributed by atoms with E-state index in [0.29, 0.717) is 30.6 Å². The van der Waals surface area contributed by atoms with Crippen molar-refractivity contribution in [2.75, 3.05) is 18.4 Å². The van der Waals surface area contributed by atoms with Crippen LogP contribution in [0.15, 0.2) is 18.2 Å². The third-order valence-corrected chi connectivity index (χ3v) is 3.84. The molecule has 1 unspecified atom stereocenters. The highest BCUT2D eigenvalue weighted by Crippen LogP contribution is 2.28. The number of nitrogens with two attached hydrogens (primary N) is 1. The maximum absolute atomic E-state index is 12.5. The molecule has 1 aliphatic rings. The molecule has 0 aromatic heterocycles. The van der Waals surface area contributed by atoms with Crippen LogP contribution in [-0.2, 0) is 9.59 Å². The van der Waals surface area contributed by atoms with E-state index < -0.39 is 11.9 Å². The number of nitrogens with one attached hydrogen (secondary N) is 2. The highest BCUT2D eigenvalue weighted by Gasteiger charge is 2.38. The van der Waals surface area contributed by atoms with Gasteiger partial charge in [-0.05, 0) is 31.5 Å². The number of hydrogen-bond donors (Lipinski definition) is 3. The molecule has 1 aliphatic heterocycles. The van der Waals surface area contributed by atoms with Crippen LogP contribution in [0.4, 0.5) is 5.69 Å². The summed E-state index contributed by atoms with van der Waals surface area (Å²) < 4.78 is 0. The van der Waals surface area contributed by atoms with Crippen LogP contribution in [0.2, 0.25) is 0 Å². The topological polar surface area (TPSA) is 122 Å². The Morgan fingerprint density at radius 1 is 1.29 bits per heavy atom. The van der Waals surface area contributed by atoms with Crippen LogP contribution in [0.5, 0.6) is 0 Å². The zero-order chi connectivity index (χ0) is 17.7. The van der Waals surface area contributed by atoms with Gasteiger partial charge in [0.2, 0.25) is 12.3 Å². The molecule has 8 nitrogen and oxygen atoms in total. The minimum Gasteiger partial charge on any atom is -0.384 e. The van der Waals surface area contributed by atoms with Gasteiger partial charge in [-0.2, -0.15) is 0 Å². The fraction of sp³-hybridized carbons (Fsp3) is 0.375. The van der Waals surface area contributed by atoms with Crippen molar-refractivity contribution in [3.05, 3.63) is 29.3 Å². The number of amides is 4. The molecule has 0 saturated carbocycles. The number of fused-ring (bicyclic) bond motifs is 1. The Bertz CT molecular complexity index is 674. The molecule has 0 fully saturated rings. The summed E-state index contributed by atoms with van der Waals surface area (Å²) in [6.45, 7) is 2.71. The molecule has 1 aromatic carbocycles. The van der Waals surface area contributed by atoms with E-state index in [2.05, 4.69) is 5.32 Å². The summed E-state index contributed by atoms with van der Waals surface area (Å²) >= 11 is 0. The van der Waals surface area contributed by atoms with E-state index in [4.69, 9.17) is 5.73 Å². The Labute approximate surface area is 139 Å². The van der Waals surface area contributed by atoms with Crippen molar-refractivity contribution < 1.29 is 19.2 Å². The van der Waals surface area contributed by atoms with E-state index >= 15 is 0 Å². The second kappa shape index (κ2) is 7.69. The lowest BCUT2D eigenvalue weighted by Crippen LogP contribution is -2.38. The van der Waals surface area contributed by atoms with Gasteiger partial charge in [0.25, 0.3) is 11.8 Å². The summed E-state index contributed by atoms with van der Waals surface area (Å²) in [6, 6.07) is 4.53. The van der Waals surface area contributed by atoms with Crippen molar-refractivity contribution in [3.63, 3.8) is 0 Å². The first-order valence-corrected chi connectivity index (χ1v) is 7.68. The van der Waals surface area contributed by atoms with Crippen LogP contribution in [0.25, 0.3) is 0 Å². The van der Waals surface area contributed by atoms with Crippen LogP contribution in [0, 0.1) is 0 Å². The van der Waals surface area contributed by atoms with E-state index in [1.165, 1.54) is 0 Å². The van der Waals surface area contributed by atoms with Gasteiger partial charge >= 0.3 is 0 Å². The van der Waals surface area contributed by atoms with Gasteiger partial charge in [0.15, 0.2) is 0 Å². The second-order valence-electron chi connectivity index (χ2n) is 5.53. The van der Waals surface area contributed by atoms with Crippen LogP contribution in [0.3, 0.4) is 0 Å². The molecule has 128 valence electrons. The minimum atomic E-state index is -0.449. The molecule has 24 heavy (non-hydrogen) atoms. The molecule has 0 saturated heterocycles. The van der Waals surface area contributed by atoms with Crippen molar-refractivity contribution in [1.82, 2.24) is 10.2 Å². The largest absolute Gasteiger partial charge is 0.384 e. The van der Waals surface area contributed by atoms with Gasteiger partial charge in [-0.1, -0.05) is 0 Å². The zero-order valence-corrected chi connectivity index (χ0v) is 13.4. The number of rotatable bonds is 8. The summed E-state index contributed by atoms with van der Waals surface area (Å²) in [4.78, 5) is 47.7. The number of hydrogen-bond acceptors (Lipinski definition) is 6. The predicted octanol–water partition coefficient (Wildman–Crippen LogP) is 0.0945. The van der Waals surface area contributed by atoms with Gasteiger partial charge in [-0.3, -0.25) is 29.4 Å². The number of nitrogens with zero attached hydrogens (tertiary/aromatic N) is 1. The summed E-state index contributed by atoms with van der Waals surface area (Å²) in [5, 5.41) is 5.10. The van der Waals surface area contributed by atoms with Gasteiger partial charge in [0.1, 0.15) is 0 Å². The molecule has 0 radical (unpaired) electrons. The molecule has 4 N–H and O–H groups in total. The van der Waals surface area contributed by atoms with Crippen LogP contribution in [-0.4, -0.2) is 48.2 Å². The molecular weight excluding hydrogens is 312 g/mol. The standard InChI is InChI=1S/C16H20N4O4/c1-10(2-5-14(22)19-9-21)20-15(23)12-4-3-11(18-7-6-17)8-13(12)16(20)24/h3-4,8-10,18H,2,5-7,17H2,1H3,(H,19,21,22). The molecule has 1 heterocycles. The molecule has 4 amide bonds. The molecule has 0 aliphatic carbocycles. The van der Waals surface area contributed by atoms with Crippen molar-refractivity contribution in [2.45, 2.75) is 25.8 Å². The van der Waals surface area contributed by atoms with E-state index in [-0.39, 0.29) is 24.7 Å². The van der Waals surface area contributed by atoms with E-state index in [9.17, 15) is 19.2 Å². The minimum absolute atomic E-state index is 0.0522. The average molecular weight is 332 g/mol. The van der Waals surface area contributed by atoms with Gasteiger partial charge in [-0.25, -0.2) is 0 Å². The number of carbonyl (C=O) groups is 4. The Morgan fingerprint density at radius 2 is 2.00 bits per heavy atom. The molecule has 1 aromatic rings. The van der Waals surface area contributed by atoms with E-state index in [1.807, 2.05) is 5.32 Å². The third kappa shape index (κ3) is 3.60. The fourth-order valence-electron chi connectivity index (χ4n) is 2.59. The van der Waals surface area contributed by atoms with Gasteiger partial charge in [0, 0.05) is 31.2 Å². The first-order valence-electron chi connectivity index (χ1n) is 7.68. The highest BCUT2D eigenvalue weighted by atomic mass is 16.2. The lowest BCUT2D eigenvalue weighted by Gasteiger charge is -2.22. The smallest absolute Gasteiger partial charge is 0.261 e. The number of anilines is 1. The lowest BCUT2D eigenvalue weighted by atomic mass is 10.1. The number of carbonyl (C=O) groups excluding carboxylic acids is 4. The molecule has 0 spiro atoms. The molecular formula is C16H20N4O4. The zero-order valence-electron chi connectivity index (χ0n) is 13.4. The van der Waals surface area contributed by atoms with Crippen LogP contribution < -0.4 is 16.4 Å². The Kier molecular flexibility index (Phi) is 5.64. The summed E-state index contributed by atoms with van der Waals surface area (Å²) in [5.41, 5.74) is 6.84. The van der Waals surface area contributed by atoms with Gasteiger partial charge in [0.05, 0.1) is 11.1 Å². The van der Waals surface area contributed by atoms with Crippen molar-refractivity contribution in [1.29, 1.82) is 0 Å². The summed E-state index contributed by atoms with van der Waals surface area (Å²) in [7, 11) is 0. The lowest BCUT2D eigenvalue weighted by molar-refractivity contribution is -0.125. The van der Waals surface area contributed by atoms with Crippen LogP contribution >= 0.6 is 0 Å². The normalized spacial score (nSPS) is 14.3. The molecule has 2 rings (SSSR count). The molecule has 1 atom stereocenters. The Morgan fingerprint density at radius 3 is 2.67 bits per heavy atom. The highest BCUT2D eigenvalue weighted by molar-refractivity contribution is 6.22. The predicted molar refractivity (Wildman–Crippen MR) is 87.4 cm³/mol. The van der Waals surface area contributed by atoms with Crippen molar-refractivity contribution >= 4 is 29.8 Å². The molecule has 0 bridgehead atoms. The SMILES string of the molecule is CC(CCC(=O)NC=O)N1C(=O)c2ccc(NCCN)cc2C1=O. The third-order valence-electron chi connectivity index (χ3n) is 3.84. The van der Waals surface area contributed by atoms with E-state index in [0.717, 1.165) is 10.6 Å².